The van der Waals surface area contributed by atoms with E-state index in [4.69, 9.17) is 5.73 Å². The Morgan fingerprint density at radius 1 is 1.40 bits per heavy atom. The maximum Gasteiger partial charge on any atom is 0.223 e. The van der Waals surface area contributed by atoms with E-state index in [1.807, 2.05) is 6.07 Å². The summed E-state index contributed by atoms with van der Waals surface area (Å²) in [7, 11) is 0. The van der Waals surface area contributed by atoms with Gasteiger partial charge in [0.05, 0.1) is 0 Å². The van der Waals surface area contributed by atoms with Crippen molar-refractivity contribution in [1.29, 1.82) is 0 Å². The van der Waals surface area contributed by atoms with Gasteiger partial charge in [-0.1, -0.05) is 18.6 Å². The Morgan fingerprint density at radius 2 is 2.20 bits per heavy atom. The third-order valence-electron chi connectivity index (χ3n) is 3.90. The zero-order valence-corrected chi connectivity index (χ0v) is 12.3. The fraction of sp³-hybridized carbons (Fsp3) is 0.533. The lowest BCUT2D eigenvalue weighted by Crippen LogP contribution is -2.36. The molecular formula is C15H22ClFN2O. The van der Waals surface area contributed by atoms with Crippen molar-refractivity contribution < 1.29 is 9.18 Å². The van der Waals surface area contributed by atoms with Crippen LogP contribution in [0.4, 0.5) is 4.39 Å². The molecule has 112 valence electrons. The molecular weight excluding hydrogens is 279 g/mol. The van der Waals surface area contributed by atoms with E-state index in [9.17, 15) is 9.18 Å². The number of carbonyl (C=O) groups excluding carboxylic acids is 1. The van der Waals surface area contributed by atoms with Crippen molar-refractivity contribution in [1.82, 2.24) is 5.32 Å². The highest BCUT2D eigenvalue weighted by atomic mass is 35.5. The molecule has 0 unspecified atom stereocenters. The average molecular weight is 301 g/mol. The van der Waals surface area contributed by atoms with E-state index in [2.05, 4.69) is 5.32 Å². The Bertz CT molecular complexity index is 442. The van der Waals surface area contributed by atoms with Crippen LogP contribution in [-0.4, -0.2) is 19.0 Å². The summed E-state index contributed by atoms with van der Waals surface area (Å²) < 4.78 is 13.0. The van der Waals surface area contributed by atoms with Crippen LogP contribution in [0.5, 0.6) is 0 Å². The molecule has 0 aromatic heterocycles. The third kappa shape index (κ3) is 4.46. The van der Waals surface area contributed by atoms with E-state index in [1.54, 1.807) is 6.07 Å². The number of benzene rings is 1. The van der Waals surface area contributed by atoms with E-state index < -0.39 is 0 Å². The minimum Gasteiger partial charge on any atom is -0.356 e. The number of hydrogen-bond acceptors (Lipinski definition) is 2. The van der Waals surface area contributed by atoms with E-state index in [1.165, 1.54) is 12.1 Å². The lowest BCUT2D eigenvalue weighted by Gasteiger charge is -2.17. The molecule has 0 heterocycles. The number of hydrogen-bond donors (Lipinski definition) is 2. The molecule has 2 rings (SSSR count). The van der Waals surface area contributed by atoms with E-state index >= 15 is 0 Å². The van der Waals surface area contributed by atoms with Crippen LogP contribution in [0.3, 0.4) is 0 Å². The summed E-state index contributed by atoms with van der Waals surface area (Å²) >= 11 is 0. The Kier molecular flexibility index (Phi) is 6.96. The van der Waals surface area contributed by atoms with Gasteiger partial charge in [0.25, 0.3) is 0 Å². The largest absolute Gasteiger partial charge is 0.356 e. The van der Waals surface area contributed by atoms with Crippen molar-refractivity contribution in [3.63, 3.8) is 0 Å². The molecule has 20 heavy (non-hydrogen) atoms. The Morgan fingerprint density at radius 3 is 2.90 bits per heavy atom. The normalized spacial score (nSPS) is 21.3. The highest BCUT2D eigenvalue weighted by molar-refractivity contribution is 5.85. The van der Waals surface area contributed by atoms with Gasteiger partial charge in [0, 0.05) is 12.5 Å². The minimum atomic E-state index is -0.234. The zero-order chi connectivity index (χ0) is 13.7. The molecule has 0 spiro atoms. The lowest BCUT2D eigenvalue weighted by atomic mass is 9.95. The van der Waals surface area contributed by atoms with Gasteiger partial charge < -0.3 is 11.1 Å². The van der Waals surface area contributed by atoms with Gasteiger partial charge in [-0.3, -0.25) is 4.79 Å². The summed E-state index contributed by atoms with van der Waals surface area (Å²) in [5.74, 6) is 0.263. The molecule has 0 aliphatic heterocycles. The zero-order valence-electron chi connectivity index (χ0n) is 11.5. The van der Waals surface area contributed by atoms with E-state index in [0.717, 1.165) is 24.8 Å². The fourth-order valence-corrected chi connectivity index (χ4v) is 2.82. The summed E-state index contributed by atoms with van der Waals surface area (Å²) in [6.45, 7) is 1.14. The second-order valence-corrected chi connectivity index (χ2v) is 5.20. The van der Waals surface area contributed by atoms with Gasteiger partial charge >= 0.3 is 0 Å². The number of carbonyl (C=O) groups is 1. The van der Waals surface area contributed by atoms with Gasteiger partial charge in [-0.05, 0) is 49.4 Å². The van der Waals surface area contributed by atoms with Crippen LogP contribution < -0.4 is 11.1 Å². The molecule has 1 aliphatic rings. The predicted molar refractivity (Wildman–Crippen MR) is 80.2 cm³/mol. The first kappa shape index (κ1) is 16.9. The minimum absolute atomic E-state index is 0. The summed E-state index contributed by atoms with van der Waals surface area (Å²) in [4.78, 5) is 12.0. The van der Waals surface area contributed by atoms with Crippen LogP contribution in [0.15, 0.2) is 24.3 Å². The van der Waals surface area contributed by atoms with Crippen molar-refractivity contribution in [3.8, 4) is 0 Å². The van der Waals surface area contributed by atoms with Crippen LogP contribution in [-0.2, 0) is 11.2 Å². The summed E-state index contributed by atoms with van der Waals surface area (Å²) in [5, 5.41) is 2.94. The number of halogens is 2. The number of nitrogens with two attached hydrogens (primary N) is 1. The average Bonchev–Trinajstić information content (AvgIpc) is 2.87. The first-order chi connectivity index (χ1) is 9.20. The van der Waals surface area contributed by atoms with Crippen LogP contribution in [0, 0.1) is 17.7 Å². The van der Waals surface area contributed by atoms with E-state index in [-0.39, 0.29) is 30.0 Å². The van der Waals surface area contributed by atoms with Crippen LogP contribution >= 0.6 is 12.4 Å². The van der Waals surface area contributed by atoms with Crippen LogP contribution in [0.25, 0.3) is 0 Å². The highest BCUT2D eigenvalue weighted by Crippen LogP contribution is 2.30. The topological polar surface area (TPSA) is 55.1 Å². The van der Waals surface area contributed by atoms with Crippen LogP contribution in [0.2, 0.25) is 0 Å². The van der Waals surface area contributed by atoms with Crippen molar-refractivity contribution in [2.45, 2.75) is 25.7 Å². The molecule has 1 saturated carbocycles. The van der Waals surface area contributed by atoms with Gasteiger partial charge in [0.15, 0.2) is 0 Å². The second kappa shape index (κ2) is 8.22. The molecule has 1 aromatic rings. The monoisotopic (exact) mass is 300 g/mol. The van der Waals surface area contributed by atoms with Crippen molar-refractivity contribution >= 4 is 18.3 Å². The summed E-state index contributed by atoms with van der Waals surface area (Å²) in [6, 6.07) is 6.48. The molecule has 2 atom stereocenters. The molecule has 0 radical (unpaired) electrons. The summed E-state index contributed by atoms with van der Waals surface area (Å²) in [6.07, 6.45) is 3.74. The summed E-state index contributed by atoms with van der Waals surface area (Å²) in [5.41, 5.74) is 6.58. The van der Waals surface area contributed by atoms with Gasteiger partial charge in [-0.15, -0.1) is 12.4 Å². The standard InChI is InChI=1S/C15H21FN2O.ClH/c16-13-5-1-3-11(9-13)7-8-18-15(19)14-6-2-4-12(14)10-17;/h1,3,5,9,12,14H,2,4,6-8,10,17H2,(H,18,19);1H/t12-,14-;/m1./s1. The smallest absolute Gasteiger partial charge is 0.223 e. The molecule has 1 aliphatic carbocycles. The van der Waals surface area contributed by atoms with Gasteiger partial charge in [0.1, 0.15) is 5.82 Å². The lowest BCUT2D eigenvalue weighted by molar-refractivity contribution is -0.125. The highest BCUT2D eigenvalue weighted by Gasteiger charge is 2.31. The fourth-order valence-electron chi connectivity index (χ4n) is 2.82. The van der Waals surface area contributed by atoms with Crippen molar-refractivity contribution in [3.05, 3.63) is 35.6 Å². The molecule has 3 N–H and O–H groups in total. The number of rotatable bonds is 5. The first-order valence-electron chi connectivity index (χ1n) is 6.93. The second-order valence-electron chi connectivity index (χ2n) is 5.20. The molecule has 1 aromatic carbocycles. The Balaban J connectivity index is 0.00000200. The van der Waals surface area contributed by atoms with Gasteiger partial charge in [-0.2, -0.15) is 0 Å². The molecule has 1 amide bonds. The maximum atomic E-state index is 13.0. The first-order valence-corrected chi connectivity index (χ1v) is 6.93. The number of amides is 1. The molecule has 5 heteroatoms. The SMILES string of the molecule is Cl.NC[C@H]1CCC[C@H]1C(=O)NCCc1cccc(F)c1. The predicted octanol–water partition coefficient (Wildman–Crippen LogP) is 2.28. The number of nitrogens with one attached hydrogen (secondary N) is 1. The van der Waals surface area contributed by atoms with E-state index in [0.29, 0.717) is 25.4 Å². The maximum absolute atomic E-state index is 13.0. The van der Waals surface area contributed by atoms with Crippen molar-refractivity contribution in [2.75, 3.05) is 13.1 Å². The molecule has 3 nitrogen and oxygen atoms in total. The Labute approximate surface area is 125 Å². The van der Waals surface area contributed by atoms with Gasteiger partial charge in [-0.25, -0.2) is 4.39 Å². The molecule has 0 saturated heterocycles. The Hall–Kier alpha value is -1.13. The van der Waals surface area contributed by atoms with Gasteiger partial charge in [0.2, 0.25) is 5.91 Å². The van der Waals surface area contributed by atoms with Crippen molar-refractivity contribution in [2.24, 2.45) is 17.6 Å². The third-order valence-corrected chi connectivity index (χ3v) is 3.90. The molecule has 1 fully saturated rings. The quantitative estimate of drug-likeness (QED) is 0.876. The molecule has 0 bridgehead atoms. The van der Waals surface area contributed by atoms with Crippen LogP contribution in [0.1, 0.15) is 24.8 Å².